The average molecular weight is 206 g/mol. The highest BCUT2D eigenvalue weighted by molar-refractivity contribution is 7.12. The summed E-state index contributed by atoms with van der Waals surface area (Å²) in [6, 6.07) is 5.41. The Labute approximate surface area is 86.9 Å². The number of nitrogens with zero attached hydrogens (tertiary/aromatic N) is 2. The summed E-state index contributed by atoms with van der Waals surface area (Å²) in [6.45, 7) is 0. The van der Waals surface area contributed by atoms with E-state index in [1.54, 1.807) is 31.1 Å². The molecule has 0 amide bonds. The lowest BCUT2D eigenvalue weighted by Crippen LogP contribution is -2.07. The molecule has 0 fully saturated rings. The Morgan fingerprint density at radius 1 is 1.64 bits per heavy atom. The van der Waals surface area contributed by atoms with Crippen molar-refractivity contribution in [3.63, 3.8) is 0 Å². The Morgan fingerprint density at radius 2 is 2.36 bits per heavy atom. The Kier molecular flexibility index (Phi) is 3.43. The van der Waals surface area contributed by atoms with Gasteiger partial charge < -0.3 is 4.90 Å². The van der Waals surface area contributed by atoms with Crippen LogP contribution in [0.5, 0.6) is 0 Å². The molecule has 0 aliphatic rings. The van der Waals surface area contributed by atoms with Gasteiger partial charge in [-0.05, 0) is 11.4 Å². The van der Waals surface area contributed by atoms with E-state index in [2.05, 4.69) is 0 Å². The lowest BCUT2D eigenvalue weighted by atomic mass is 10.2. The van der Waals surface area contributed by atoms with E-state index in [1.165, 1.54) is 17.5 Å². The summed E-state index contributed by atoms with van der Waals surface area (Å²) in [4.78, 5) is 13.9. The number of allylic oxidation sites excluding steroid dienone is 1. The number of thiophene rings is 1. The fraction of sp³-hybridized carbons (Fsp3) is 0.200. The number of carbonyl (C=O) groups excluding carboxylic acids is 1. The van der Waals surface area contributed by atoms with Crippen LogP contribution in [0.25, 0.3) is 0 Å². The minimum absolute atomic E-state index is 0.164. The molecule has 0 aliphatic carbocycles. The predicted octanol–water partition coefficient (Wildman–Crippen LogP) is 1.90. The zero-order valence-corrected chi connectivity index (χ0v) is 8.84. The number of Topliss-reactive ketones (excluding diaryl/α,β-unsaturated/α-hetero) is 1. The van der Waals surface area contributed by atoms with Crippen molar-refractivity contribution in [3.05, 3.63) is 34.2 Å². The van der Waals surface area contributed by atoms with E-state index in [0.29, 0.717) is 4.88 Å². The van der Waals surface area contributed by atoms with Gasteiger partial charge in [-0.15, -0.1) is 11.3 Å². The van der Waals surface area contributed by atoms with Gasteiger partial charge in [0, 0.05) is 20.3 Å². The molecule has 0 N–H and O–H groups in total. The maximum Gasteiger partial charge on any atom is 0.214 e. The Hall–Kier alpha value is -1.60. The summed E-state index contributed by atoms with van der Waals surface area (Å²) in [5.41, 5.74) is 0.164. The Morgan fingerprint density at radius 3 is 2.79 bits per heavy atom. The standard InChI is InChI=1S/C10H10N2OS/c1-12(2)7-8(6-11)10(13)9-4-3-5-14-9/h3-5,7H,1-2H3/b8-7-. The predicted molar refractivity (Wildman–Crippen MR) is 56.0 cm³/mol. The van der Waals surface area contributed by atoms with E-state index in [4.69, 9.17) is 5.26 Å². The van der Waals surface area contributed by atoms with Crippen LogP contribution in [0.4, 0.5) is 0 Å². The number of carbonyl (C=O) groups is 1. The molecule has 1 aromatic heterocycles. The maximum absolute atomic E-state index is 11.7. The van der Waals surface area contributed by atoms with Crippen LogP contribution in [-0.4, -0.2) is 24.8 Å². The summed E-state index contributed by atoms with van der Waals surface area (Å²) in [5.74, 6) is -0.212. The van der Waals surface area contributed by atoms with Crippen LogP contribution in [0.3, 0.4) is 0 Å². The molecule has 0 atom stereocenters. The first-order chi connectivity index (χ1) is 6.65. The zero-order chi connectivity index (χ0) is 10.6. The van der Waals surface area contributed by atoms with Gasteiger partial charge in [-0.25, -0.2) is 0 Å². The third-order valence-corrected chi connectivity index (χ3v) is 2.37. The van der Waals surface area contributed by atoms with Crippen LogP contribution in [0, 0.1) is 11.3 Å². The normalized spacial score (nSPS) is 10.8. The third-order valence-electron chi connectivity index (χ3n) is 1.50. The van der Waals surface area contributed by atoms with Crippen LogP contribution >= 0.6 is 11.3 Å². The summed E-state index contributed by atoms with van der Waals surface area (Å²) >= 11 is 1.34. The fourth-order valence-corrected chi connectivity index (χ4v) is 1.61. The highest BCUT2D eigenvalue weighted by Crippen LogP contribution is 2.14. The van der Waals surface area contributed by atoms with E-state index < -0.39 is 0 Å². The van der Waals surface area contributed by atoms with E-state index in [1.807, 2.05) is 11.4 Å². The van der Waals surface area contributed by atoms with E-state index in [9.17, 15) is 4.79 Å². The van der Waals surface area contributed by atoms with Crippen molar-refractivity contribution in [2.24, 2.45) is 0 Å². The molecule has 0 spiro atoms. The van der Waals surface area contributed by atoms with Crippen LogP contribution in [-0.2, 0) is 0 Å². The molecule has 14 heavy (non-hydrogen) atoms. The van der Waals surface area contributed by atoms with Crippen LogP contribution in [0.15, 0.2) is 29.3 Å². The molecule has 1 rings (SSSR count). The van der Waals surface area contributed by atoms with Gasteiger partial charge in [0.2, 0.25) is 5.78 Å². The molecule has 1 aromatic rings. The molecule has 4 heteroatoms. The molecule has 0 bridgehead atoms. The lowest BCUT2D eigenvalue weighted by Gasteiger charge is -2.04. The van der Waals surface area contributed by atoms with Crippen molar-refractivity contribution in [1.29, 1.82) is 5.26 Å². The second-order valence-corrected chi connectivity index (χ2v) is 3.87. The Bertz CT molecular complexity index is 385. The van der Waals surface area contributed by atoms with Gasteiger partial charge in [-0.1, -0.05) is 6.07 Å². The topological polar surface area (TPSA) is 44.1 Å². The molecule has 72 valence electrons. The SMILES string of the molecule is CN(C)/C=C(/C#N)C(=O)c1cccs1. The van der Waals surface area contributed by atoms with Crippen molar-refractivity contribution in [1.82, 2.24) is 4.90 Å². The van der Waals surface area contributed by atoms with Crippen LogP contribution < -0.4 is 0 Å². The minimum atomic E-state index is -0.212. The molecule has 0 radical (unpaired) electrons. The largest absolute Gasteiger partial charge is 0.382 e. The molecule has 0 unspecified atom stereocenters. The zero-order valence-electron chi connectivity index (χ0n) is 8.02. The van der Waals surface area contributed by atoms with E-state index in [-0.39, 0.29) is 11.4 Å². The van der Waals surface area contributed by atoms with Gasteiger partial charge >= 0.3 is 0 Å². The monoisotopic (exact) mass is 206 g/mol. The minimum Gasteiger partial charge on any atom is -0.382 e. The molecular formula is C10H10N2OS. The summed E-state index contributed by atoms with van der Waals surface area (Å²) < 4.78 is 0. The summed E-state index contributed by atoms with van der Waals surface area (Å²) in [7, 11) is 3.55. The second-order valence-electron chi connectivity index (χ2n) is 2.92. The highest BCUT2D eigenvalue weighted by atomic mass is 32.1. The second kappa shape index (κ2) is 4.58. The van der Waals surface area contributed by atoms with Gasteiger partial charge in [-0.3, -0.25) is 4.79 Å². The van der Waals surface area contributed by atoms with Crippen molar-refractivity contribution in [3.8, 4) is 6.07 Å². The van der Waals surface area contributed by atoms with Crippen molar-refractivity contribution >= 4 is 17.1 Å². The van der Waals surface area contributed by atoms with E-state index >= 15 is 0 Å². The maximum atomic E-state index is 11.7. The van der Waals surface area contributed by atoms with Crippen molar-refractivity contribution < 1.29 is 4.79 Å². The molecular weight excluding hydrogens is 196 g/mol. The van der Waals surface area contributed by atoms with Gasteiger partial charge in [0.1, 0.15) is 11.6 Å². The molecule has 0 saturated carbocycles. The van der Waals surface area contributed by atoms with E-state index in [0.717, 1.165) is 0 Å². The van der Waals surface area contributed by atoms with Gasteiger partial charge in [0.05, 0.1) is 4.88 Å². The highest BCUT2D eigenvalue weighted by Gasteiger charge is 2.12. The van der Waals surface area contributed by atoms with Crippen LogP contribution in [0.2, 0.25) is 0 Å². The lowest BCUT2D eigenvalue weighted by molar-refractivity contribution is 0.104. The first-order valence-electron chi connectivity index (χ1n) is 4.01. The molecule has 0 aliphatic heterocycles. The quantitative estimate of drug-likeness (QED) is 0.431. The van der Waals surface area contributed by atoms with Gasteiger partial charge in [0.25, 0.3) is 0 Å². The summed E-state index contributed by atoms with van der Waals surface area (Å²) in [6.07, 6.45) is 1.53. The Balaban J connectivity index is 2.94. The third kappa shape index (κ3) is 2.44. The number of ketones is 1. The van der Waals surface area contributed by atoms with Gasteiger partial charge in [0.15, 0.2) is 0 Å². The fourth-order valence-electron chi connectivity index (χ4n) is 0.937. The van der Waals surface area contributed by atoms with Gasteiger partial charge in [-0.2, -0.15) is 5.26 Å². The summed E-state index contributed by atoms with van der Waals surface area (Å²) in [5, 5.41) is 10.6. The van der Waals surface area contributed by atoms with Crippen molar-refractivity contribution in [2.75, 3.05) is 14.1 Å². The number of hydrogen-bond donors (Lipinski definition) is 0. The first kappa shape index (κ1) is 10.5. The number of nitriles is 1. The molecule has 0 aromatic carbocycles. The average Bonchev–Trinajstić information content (AvgIpc) is 2.65. The van der Waals surface area contributed by atoms with Crippen LogP contribution in [0.1, 0.15) is 9.67 Å². The molecule has 1 heterocycles. The first-order valence-corrected chi connectivity index (χ1v) is 4.89. The molecule has 3 nitrogen and oxygen atoms in total. The number of rotatable bonds is 3. The van der Waals surface area contributed by atoms with Crippen molar-refractivity contribution in [2.45, 2.75) is 0 Å². The molecule has 0 saturated heterocycles. The number of hydrogen-bond acceptors (Lipinski definition) is 4. The smallest absolute Gasteiger partial charge is 0.214 e.